The lowest BCUT2D eigenvalue weighted by molar-refractivity contribution is 0.168. The van der Waals surface area contributed by atoms with E-state index in [1.54, 1.807) is 0 Å². The van der Waals surface area contributed by atoms with Gasteiger partial charge in [-0.25, -0.2) is 0 Å². The van der Waals surface area contributed by atoms with Crippen LogP contribution in [0.15, 0.2) is 24.3 Å². The lowest BCUT2D eigenvalue weighted by atomic mass is 10.2. The number of benzene rings is 1. The van der Waals surface area contributed by atoms with Gasteiger partial charge in [-0.2, -0.15) is 0 Å². The van der Waals surface area contributed by atoms with Crippen molar-refractivity contribution in [2.24, 2.45) is 5.73 Å². The van der Waals surface area contributed by atoms with E-state index in [0.29, 0.717) is 19.7 Å². The molecular weight excluding hydrogens is 228 g/mol. The number of hydrogen-bond donors (Lipinski definition) is 2. The number of para-hydroxylation sites is 1. The normalized spacial score (nSPS) is 10.9. The molecule has 0 spiro atoms. The number of nitrogens with zero attached hydrogens (tertiary/aromatic N) is 1. The maximum Gasteiger partial charge on any atom is 0.123 e. The van der Waals surface area contributed by atoms with E-state index in [9.17, 15) is 0 Å². The maximum absolute atomic E-state index is 8.96. The summed E-state index contributed by atoms with van der Waals surface area (Å²) in [6.07, 6.45) is 1.08. The van der Waals surface area contributed by atoms with E-state index in [0.717, 1.165) is 30.8 Å². The second kappa shape index (κ2) is 8.91. The molecule has 0 bridgehead atoms. The van der Waals surface area contributed by atoms with Gasteiger partial charge >= 0.3 is 0 Å². The van der Waals surface area contributed by atoms with Gasteiger partial charge < -0.3 is 15.6 Å². The van der Waals surface area contributed by atoms with Crippen molar-refractivity contribution < 1.29 is 9.84 Å². The zero-order chi connectivity index (χ0) is 13.2. The SMILES string of the molecule is CCCN(CCO)CCOc1ccccc1CN. The maximum atomic E-state index is 8.96. The fourth-order valence-electron chi connectivity index (χ4n) is 1.89. The molecule has 102 valence electrons. The van der Waals surface area contributed by atoms with Gasteiger partial charge in [0.25, 0.3) is 0 Å². The summed E-state index contributed by atoms with van der Waals surface area (Å²) in [7, 11) is 0. The Kier molecular flexibility index (Phi) is 7.41. The van der Waals surface area contributed by atoms with Gasteiger partial charge in [-0.1, -0.05) is 25.1 Å². The minimum Gasteiger partial charge on any atom is -0.492 e. The number of aliphatic hydroxyl groups excluding tert-OH is 1. The average Bonchev–Trinajstić information content (AvgIpc) is 2.40. The molecule has 0 amide bonds. The number of ether oxygens (including phenoxy) is 1. The molecule has 0 aromatic heterocycles. The van der Waals surface area contributed by atoms with Crippen LogP contribution in [-0.2, 0) is 6.54 Å². The summed E-state index contributed by atoms with van der Waals surface area (Å²) in [6.45, 7) is 5.96. The number of rotatable bonds is 9. The zero-order valence-electron chi connectivity index (χ0n) is 11.1. The van der Waals surface area contributed by atoms with Crippen molar-refractivity contribution >= 4 is 0 Å². The molecule has 0 heterocycles. The van der Waals surface area contributed by atoms with Gasteiger partial charge in [0, 0.05) is 25.2 Å². The van der Waals surface area contributed by atoms with Crippen LogP contribution >= 0.6 is 0 Å². The summed E-state index contributed by atoms with van der Waals surface area (Å²) in [5.74, 6) is 0.862. The van der Waals surface area contributed by atoms with Crippen LogP contribution in [0.3, 0.4) is 0 Å². The molecule has 1 aromatic carbocycles. The molecule has 4 heteroatoms. The molecule has 0 saturated carbocycles. The van der Waals surface area contributed by atoms with Crippen LogP contribution in [0.1, 0.15) is 18.9 Å². The molecular formula is C14H24N2O2. The van der Waals surface area contributed by atoms with Gasteiger partial charge in [-0.05, 0) is 19.0 Å². The summed E-state index contributed by atoms with van der Waals surface area (Å²) in [4.78, 5) is 2.20. The Labute approximate surface area is 109 Å². The van der Waals surface area contributed by atoms with E-state index in [-0.39, 0.29) is 6.61 Å². The number of aliphatic hydroxyl groups is 1. The van der Waals surface area contributed by atoms with Crippen LogP contribution in [0.2, 0.25) is 0 Å². The van der Waals surface area contributed by atoms with Crippen LogP contribution in [0.5, 0.6) is 5.75 Å². The van der Waals surface area contributed by atoms with E-state index in [4.69, 9.17) is 15.6 Å². The molecule has 0 aliphatic heterocycles. The quantitative estimate of drug-likeness (QED) is 0.694. The van der Waals surface area contributed by atoms with Crippen molar-refractivity contribution in [2.75, 3.05) is 32.8 Å². The van der Waals surface area contributed by atoms with Crippen molar-refractivity contribution in [2.45, 2.75) is 19.9 Å². The highest BCUT2D eigenvalue weighted by atomic mass is 16.5. The van der Waals surface area contributed by atoms with Gasteiger partial charge in [-0.15, -0.1) is 0 Å². The first kappa shape index (κ1) is 15.0. The van der Waals surface area contributed by atoms with Gasteiger partial charge in [0.05, 0.1) is 6.61 Å². The monoisotopic (exact) mass is 252 g/mol. The molecule has 1 aromatic rings. The van der Waals surface area contributed by atoms with Crippen LogP contribution < -0.4 is 10.5 Å². The molecule has 0 atom stereocenters. The lowest BCUT2D eigenvalue weighted by Crippen LogP contribution is -2.31. The second-order valence-corrected chi connectivity index (χ2v) is 4.23. The molecule has 0 aliphatic carbocycles. The summed E-state index contributed by atoms with van der Waals surface area (Å²) in [6, 6.07) is 7.83. The third-order valence-electron chi connectivity index (χ3n) is 2.81. The number of hydrogen-bond acceptors (Lipinski definition) is 4. The Balaban J connectivity index is 2.39. The van der Waals surface area contributed by atoms with Gasteiger partial charge in [0.1, 0.15) is 12.4 Å². The van der Waals surface area contributed by atoms with Gasteiger partial charge in [0.2, 0.25) is 0 Å². The Morgan fingerprint density at radius 3 is 2.67 bits per heavy atom. The van der Waals surface area contributed by atoms with Crippen LogP contribution in [0, 0.1) is 0 Å². The van der Waals surface area contributed by atoms with Gasteiger partial charge in [-0.3, -0.25) is 4.90 Å². The van der Waals surface area contributed by atoms with Crippen LogP contribution in [0.4, 0.5) is 0 Å². The first-order chi connectivity index (χ1) is 8.81. The molecule has 0 unspecified atom stereocenters. The van der Waals surface area contributed by atoms with E-state index in [1.165, 1.54) is 0 Å². The largest absolute Gasteiger partial charge is 0.492 e. The predicted octanol–water partition coefficient (Wildman–Crippen LogP) is 1.23. The Morgan fingerprint density at radius 1 is 1.22 bits per heavy atom. The highest BCUT2D eigenvalue weighted by molar-refractivity contribution is 5.32. The molecule has 0 aliphatic rings. The smallest absolute Gasteiger partial charge is 0.123 e. The Bertz CT molecular complexity index is 325. The molecule has 3 N–H and O–H groups in total. The first-order valence-corrected chi connectivity index (χ1v) is 6.55. The van der Waals surface area contributed by atoms with Crippen LogP contribution in [0.25, 0.3) is 0 Å². The second-order valence-electron chi connectivity index (χ2n) is 4.23. The third kappa shape index (κ3) is 5.04. The highest BCUT2D eigenvalue weighted by Gasteiger charge is 2.04. The molecule has 0 fully saturated rings. The zero-order valence-corrected chi connectivity index (χ0v) is 11.1. The molecule has 0 radical (unpaired) electrons. The van der Waals surface area contributed by atoms with Crippen molar-refractivity contribution in [3.05, 3.63) is 29.8 Å². The average molecular weight is 252 g/mol. The van der Waals surface area contributed by atoms with Crippen molar-refractivity contribution in [1.29, 1.82) is 0 Å². The highest BCUT2D eigenvalue weighted by Crippen LogP contribution is 2.16. The third-order valence-corrected chi connectivity index (χ3v) is 2.81. The standard InChI is InChI=1S/C14H24N2O2/c1-2-7-16(8-10-17)9-11-18-14-6-4-3-5-13(14)12-15/h3-6,17H,2,7-12,15H2,1H3. The summed E-state index contributed by atoms with van der Waals surface area (Å²) in [5, 5.41) is 8.96. The minimum atomic E-state index is 0.194. The summed E-state index contributed by atoms with van der Waals surface area (Å²) >= 11 is 0. The summed E-state index contributed by atoms with van der Waals surface area (Å²) < 4.78 is 5.75. The minimum absolute atomic E-state index is 0.194. The lowest BCUT2D eigenvalue weighted by Gasteiger charge is -2.20. The molecule has 1 rings (SSSR count). The van der Waals surface area contributed by atoms with E-state index < -0.39 is 0 Å². The Hall–Kier alpha value is -1.10. The van der Waals surface area contributed by atoms with Crippen LogP contribution in [-0.4, -0.2) is 42.9 Å². The predicted molar refractivity (Wildman–Crippen MR) is 73.6 cm³/mol. The topological polar surface area (TPSA) is 58.7 Å². The molecule has 4 nitrogen and oxygen atoms in total. The van der Waals surface area contributed by atoms with E-state index >= 15 is 0 Å². The molecule has 0 saturated heterocycles. The van der Waals surface area contributed by atoms with E-state index in [1.807, 2.05) is 24.3 Å². The Morgan fingerprint density at radius 2 is 2.00 bits per heavy atom. The van der Waals surface area contributed by atoms with Gasteiger partial charge in [0.15, 0.2) is 0 Å². The first-order valence-electron chi connectivity index (χ1n) is 6.55. The fourth-order valence-corrected chi connectivity index (χ4v) is 1.89. The molecule has 18 heavy (non-hydrogen) atoms. The van der Waals surface area contributed by atoms with E-state index in [2.05, 4.69) is 11.8 Å². The fraction of sp³-hybridized carbons (Fsp3) is 0.571. The van der Waals surface area contributed by atoms with Crippen molar-refractivity contribution in [3.63, 3.8) is 0 Å². The summed E-state index contributed by atoms with van der Waals surface area (Å²) in [5.41, 5.74) is 6.68. The number of nitrogens with two attached hydrogens (primary N) is 1. The van der Waals surface area contributed by atoms with Crippen molar-refractivity contribution in [3.8, 4) is 5.75 Å². The van der Waals surface area contributed by atoms with Crippen molar-refractivity contribution in [1.82, 2.24) is 4.90 Å².